The molecule has 0 bridgehead atoms. The topological polar surface area (TPSA) is 15.7 Å². The van der Waals surface area contributed by atoms with Crippen LogP contribution in [0.3, 0.4) is 0 Å². The third-order valence-electron chi connectivity index (χ3n) is 6.96. The summed E-state index contributed by atoms with van der Waals surface area (Å²) in [6.45, 7) is 6.28. The molecule has 5 rings (SSSR count). The van der Waals surface area contributed by atoms with Gasteiger partial charge in [0.2, 0.25) is 0 Å². The Hall–Kier alpha value is -2.78. The van der Waals surface area contributed by atoms with Crippen molar-refractivity contribution < 1.29 is 4.74 Å². The Balaban J connectivity index is 1.06. The molecular formula is C29H34N2O. The number of anilines is 1. The first-order valence-electron chi connectivity index (χ1n) is 12.2. The maximum Gasteiger partial charge on any atom is 0.120 e. The fourth-order valence-electron chi connectivity index (χ4n) is 4.92. The van der Waals surface area contributed by atoms with Gasteiger partial charge in [-0.05, 0) is 78.6 Å². The molecule has 1 aliphatic heterocycles. The van der Waals surface area contributed by atoms with Gasteiger partial charge in [0.25, 0.3) is 0 Å². The minimum absolute atomic E-state index is 0.639. The number of hydrogen-bond donors (Lipinski definition) is 0. The lowest BCUT2D eigenvalue weighted by Gasteiger charge is -2.36. The number of ether oxygens (including phenoxy) is 1. The van der Waals surface area contributed by atoms with Crippen LogP contribution in [-0.4, -0.2) is 37.6 Å². The van der Waals surface area contributed by atoms with Crippen molar-refractivity contribution >= 4 is 5.69 Å². The van der Waals surface area contributed by atoms with E-state index in [2.05, 4.69) is 82.6 Å². The van der Waals surface area contributed by atoms with Crippen molar-refractivity contribution in [2.24, 2.45) is 0 Å². The molecular weight excluding hydrogens is 392 g/mol. The first-order chi connectivity index (χ1) is 15.8. The number of hydrogen-bond acceptors (Lipinski definition) is 3. The molecule has 3 aromatic carbocycles. The van der Waals surface area contributed by atoms with Crippen LogP contribution >= 0.6 is 0 Å². The molecule has 0 amide bonds. The number of rotatable bonds is 7. The highest BCUT2D eigenvalue weighted by Gasteiger charge is 2.16. The molecule has 32 heavy (non-hydrogen) atoms. The summed E-state index contributed by atoms with van der Waals surface area (Å²) in [6.07, 6.45) is 6.16. The maximum absolute atomic E-state index is 6.09. The van der Waals surface area contributed by atoms with Crippen molar-refractivity contribution in [3.05, 3.63) is 95.1 Å². The van der Waals surface area contributed by atoms with Crippen molar-refractivity contribution in [1.29, 1.82) is 0 Å². The van der Waals surface area contributed by atoms with Crippen molar-refractivity contribution in [2.45, 2.75) is 38.7 Å². The normalized spacial score (nSPS) is 16.6. The van der Waals surface area contributed by atoms with Gasteiger partial charge >= 0.3 is 0 Å². The maximum atomic E-state index is 6.09. The van der Waals surface area contributed by atoms with E-state index in [1.807, 2.05) is 0 Å². The van der Waals surface area contributed by atoms with E-state index < -0.39 is 0 Å². The number of fused-ring (bicyclic) bond motifs is 1. The van der Waals surface area contributed by atoms with Crippen molar-refractivity contribution in [1.82, 2.24) is 4.90 Å². The third kappa shape index (κ3) is 5.34. The number of nitrogens with zero attached hydrogens (tertiary/aromatic N) is 2. The lowest BCUT2D eigenvalue weighted by molar-refractivity contribution is 0.261. The fraction of sp³-hybridized carbons (Fsp3) is 0.379. The van der Waals surface area contributed by atoms with Gasteiger partial charge < -0.3 is 9.64 Å². The SMILES string of the molecule is c1ccc(N2CCN(CCc3ccc(COc4ccc5c(c4)CCCC5)cc3)CC2)cc1. The molecule has 0 spiro atoms. The number of benzene rings is 3. The Morgan fingerprint density at radius 1 is 0.688 bits per heavy atom. The van der Waals surface area contributed by atoms with Gasteiger partial charge in [-0.25, -0.2) is 0 Å². The van der Waals surface area contributed by atoms with Gasteiger partial charge in [0.15, 0.2) is 0 Å². The minimum Gasteiger partial charge on any atom is -0.489 e. The Bertz CT molecular complexity index is 991. The lowest BCUT2D eigenvalue weighted by Crippen LogP contribution is -2.46. The Labute approximate surface area is 192 Å². The first-order valence-corrected chi connectivity index (χ1v) is 12.2. The molecule has 166 valence electrons. The van der Waals surface area contributed by atoms with Gasteiger partial charge in [-0.1, -0.05) is 48.5 Å². The number of para-hydroxylation sites is 1. The van der Waals surface area contributed by atoms with E-state index in [1.54, 1.807) is 0 Å². The zero-order valence-electron chi connectivity index (χ0n) is 19.0. The minimum atomic E-state index is 0.639. The monoisotopic (exact) mass is 426 g/mol. The Morgan fingerprint density at radius 3 is 2.19 bits per heavy atom. The van der Waals surface area contributed by atoms with E-state index in [9.17, 15) is 0 Å². The molecule has 1 fully saturated rings. The first kappa shape index (κ1) is 21.1. The molecule has 0 N–H and O–H groups in total. The fourth-order valence-corrected chi connectivity index (χ4v) is 4.92. The molecule has 1 heterocycles. The molecule has 0 aromatic heterocycles. The van der Waals surface area contributed by atoms with Crippen LogP contribution in [-0.2, 0) is 25.9 Å². The highest BCUT2D eigenvalue weighted by Crippen LogP contribution is 2.26. The van der Waals surface area contributed by atoms with Gasteiger partial charge in [-0.2, -0.15) is 0 Å². The zero-order valence-corrected chi connectivity index (χ0v) is 19.0. The van der Waals surface area contributed by atoms with Crippen LogP contribution in [0.1, 0.15) is 35.1 Å². The third-order valence-corrected chi connectivity index (χ3v) is 6.96. The highest BCUT2D eigenvalue weighted by molar-refractivity contribution is 5.46. The van der Waals surface area contributed by atoms with E-state index in [4.69, 9.17) is 4.74 Å². The van der Waals surface area contributed by atoms with Crippen LogP contribution in [0.25, 0.3) is 0 Å². The summed E-state index contributed by atoms with van der Waals surface area (Å²) in [4.78, 5) is 5.08. The summed E-state index contributed by atoms with van der Waals surface area (Å²) in [5.41, 5.74) is 6.99. The van der Waals surface area contributed by atoms with Crippen molar-refractivity contribution in [3.63, 3.8) is 0 Å². The summed E-state index contributed by atoms with van der Waals surface area (Å²) in [7, 11) is 0. The second-order valence-electron chi connectivity index (χ2n) is 9.16. The molecule has 3 aromatic rings. The molecule has 0 unspecified atom stereocenters. The van der Waals surface area contributed by atoms with Gasteiger partial charge in [-0.3, -0.25) is 4.90 Å². The van der Waals surface area contributed by atoms with E-state index in [-0.39, 0.29) is 0 Å². The largest absolute Gasteiger partial charge is 0.489 e. The molecule has 0 atom stereocenters. The van der Waals surface area contributed by atoms with Gasteiger partial charge in [0.1, 0.15) is 12.4 Å². The number of piperazine rings is 1. The summed E-state index contributed by atoms with van der Waals surface area (Å²) in [5.74, 6) is 1.00. The van der Waals surface area contributed by atoms with Crippen LogP contribution in [0.2, 0.25) is 0 Å². The van der Waals surface area contributed by atoms with Gasteiger partial charge in [-0.15, -0.1) is 0 Å². The standard InChI is InChI=1S/C29H34N2O/c1-2-8-28(9-3-1)31-20-18-30(19-21-31)17-16-24-10-12-25(13-11-24)23-32-29-15-14-26-6-4-5-7-27(26)22-29/h1-3,8-15,22H,4-7,16-21,23H2. The molecule has 0 radical (unpaired) electrons. The van der Waals surface area contributed by atoms with Crippen LogP contribution < -0.4 is 9.64 Å². The zero-order chi connectivity index (χ0) is 21.6. The molecule has 0 saturated carbocycles. The van der Waals surface area contributed by atoms with Gasteiger partial charge in [0, 0.05) is 38.4 Å². The van der Waals surface area contributed by atoms with E-state index >= 15 is 0 Å². The van der Waals surface area contributed by atoms with Gasteiger partial charge in [0.05, 0.1) is 0 Å². The average molecular weight is 427 g/mol. The average Bonchev–Trinajstić information content (AvgIpc) is 2.87. The highest BCUT2D eigenvalue weighted by atomic mass is 16.5. The quantitative estimate of drug-likeness (QED) is 0.495. The summed E-state index contributed by atoms with van der Waals surface area (Å²) in [5, 5.41) is 0. The second kappa shape index (κ2) is 10.2. The van der Waals surface area contributed by atoms with E-state index in [0.717, 1.165) is 44.9 Å². The predicted molar refractivity (Wildman–Crippen MR) is 133 cm³/mol. The Morgan fingerprint density at radius 2 is 1.41 bits per heavy atom. The lowest BCUT2D eigenvalue weighted by atomic mass is 9.92. The van der Waals surface area contributed by atoms with Crippen LogP contribution in [0, 0.1) is 0 Å². The summed E-state index contributed by atoms with van der Waals surface area (Å²) >= 11 is 0. The smallest absolute Gasteiger partial charge is 0.120 e. The van der Waals surface area contributed by atoms with E-state index in [1.165, 1.54) is 53.6 Å². The predicted octanol–water partition coefficient (Wildman–Crippen LogP) is 5.51. The van der Waals surface area contributed by atoms with E-state index in [0.29, 0.717) is 6.61 Å². The van der Waals surface area contributed by atoms with Crippen LogP contribution in [0.5, 0.6) is 5.75 Å². The summed E-state index contributed by atoms with van der Waals surface area (Å²) in [6, 6.07) is 26.4. The molecule has 3 nitrogen and oxygen atoms in total. The number of aryl methyl sites for hydroxylation is 2. The Kier molecular flexibility index (Phi) is 6.74. The van der Waals surface area contributed by atoms with Crippen LogP contribution in [0.4, 0.5) is 5.69 Å². The molecule has 1 aliphatic carbocycles. The van der Waals surface area contributed by atoms with Crippen molar-refractivity contribution in [3.8, 4) is 5.75 Å². The molecule has 3 heteroatoms. The van der Waals surface area contributed by atoms with Crippen LogP contribution in [0.15, 0.2) is 72.8 Å². The second-order valence-corrected chi connectivity index (χ2v) is 9.16. The molecule has 2 aliphatic rings. The molecule has 1 saturated heterocycles. The van der Waals surface area contributed by atoms with Crippen molar-refractivity contribution in [2.75, 3.05) is 37.6 Å². The summed E-state index contributed by atoms with van der Waals surface area (Å²) < 4.78 is 6.09.